The standard InChI is InChI=1S/C12H9As/c1-2-5-10-9(4-1)8-12-11(10)6-3-7-13-12/h1-7H,8H2. The number of fused-ring (bicyclic) bond motifs is 2. The quantitative estimate of drug-likeness (QED) is 0.596. The Labute approximate surface area is 84.2 Å². The summed E-state index contributed by atoms with van der Waals surface area (Å²) < 4.78 is 1.68. The molecule has 1 aromatic carbocycles. The summed E-state index contributed by atoms with van der Waals surface area (Å²) in [6, 6.07) is 8.77. The molecule has 62 valence electrons. The summed E-state index contributed by atoms with van der Waals surface area (Å²) in [6.07, 6.45) is 5.67. The first-order valence-corrected chi connectivity index (χ1v) is 6.49. The third kappa shape index (κ3) is 1.09. The molecular formula is C12H9As. The normalized spacial score (nSPS) is 18.8. The number of hydrogen-bond acceptors (Lipinski definition) is 0. The Hall–Kier alpha value is -0.872. The van der Waals surface area contributed by atoms with Gasteiger partial charge in [0.2, 0.25) is 0 Å². The monoisotopic (exact) mass is 228 g/mol. The molecule has 1 aromatic rings. The van der Waals surface area contributed by atoms with Gasteiger partial charge in [-0.15, -0.1) is 0 Å². The van der Waals surface area contributed by atoms with Gasteiger partial charge in [-0.1, -0.05) is 0 Å². The van der Waals surface area contributed by atoms with Crippen molar-refractivity contribution < 1.29 is 0 Å². The summed E-state index contributed by atoms with van der Waals surface area (Å²) in [4.78, 5) is 2.33. The Morgan fingerprint density at radius 3 is 3.08 bits per heavy atom. The van der Waals surface area contributed by atoms with Crippen LogP contribution in [0.1, 0.15) is 11.1 Å². The van der Waals surface area contributed by atoms with Gasteiger partial charge in [0.25, 0.3) is 0 Å². The Morgan fingerprint density at radius 2 is 2.08 bits per heavy atom. The van der Waals surface area contributed by atoms with Crippen LogP contribution in [0.15, 0.2) is 40.8 Å². The second-order valence-electron chi connectivity index (χ2n) is 3.33. The van der Waals surface area contributed by atoms with Crippen LogP contribution < -0.4 is 0 Å². The van der Waals surface area contributed by atoms with Gasteiger partial charge in [-0.2, -0.15) is 0 Å². The second-order valence-corrected chi connectivity index (χ2v) is 5.63. The zero-order valence-corrected chi connectivity index (χ0v) is 9.07. The molecule has 1 aliphatic carbocycles. The molecule has 0 N–H and O–H groups in total. The minimum absolute atomic E-state index is 0.331. The Bertz CT molecular complexity index is 450. The number of benzene rings is 1. The first-order chi connectivity index (χ1) is 6.45. The van der Waals surface area contributed by atoms with Gasteiger partial charge < -0.3 is 0 Å². The fraction of sp³-hybridized carbons (Fsp3) is 0.0833. The van der Waals surface area contributed by atoms with E-state index < -0.39 is 0 Å². The van der Waals surface area contributed by atoms with E-state index in [0.29, 0.717) is 15.3 Å². The molecule has 0 radical (unpaired) electrons. The van der Waals surface area contributed by atoms with E-state index in [1.165, 1.54) is 23.1 Å². The van der Waals surface area contributed by atoms with Crippen molar-refractivity contribution >= 4 is 25.7 Å². The molecule has 0 nitrogen and oxygen atoms in total. The Balaban J connectivity index is 2.24. The van der Waals surface area contributed by atoms with Gasteiger partial charge in [-0.25, -0.2) is 0 Å². The van der Waals surface area contributed by atoms with E-state index in [2.05, 4.69) is 41.2 Å². The SMILES string of the molecule is C1=CC2=C(Cc3ccccc32)[As]=C1. The molecule has 1 heterocycles. The van der Waals surface area contributed by atoms with Gasteiger partial charge >= 0.3 is 84.0 Å². The van der Waals surface area contributed by atoms with Crippen LogP contribution in [0, 0.1) is 0 Å². The summed E-state index contributed by atoms with van der Waals surface area (Å²) >= 11 is 0.331. The van der Waals surface area contributed by atoms with Crippen molar-refractivity contribution in [3.8, 4) is 0 Å². The van der Waals surface area contributed by atoms with Gasteiger partial charge in [0.1, 0.15) is 0 Å². The fourth-order valence-electron chi connectivity index (χ4n) is 1.94. The molecule has 0 saturated heterocycles. The number of hydrogen-bond donors (Lipinski definition) is 0. The van der Waals surface area contributed by atoms with E-state index in [0.717, 1.165) is 0 Å². The molecule has 0 saturated carbocycles. The molecule has 1 aliphatic heterocycles. The van der Waals surface area contributed by atoms with Gasteiger partial charge in [0.05, 0.1) is 0 Å². The van der Waals surface area contributed by atoms with Crippen LogP contribution in [-0.2, 0) is 6.42 Å². The van der Waals surface area contributed by atoms with Crippen LogP contribution in [-0.4, -0.2) is 20.1 Å². The topological polar surface area (TPSA) is 0 Å². The summed E-state index contributed by atoms with van der Waals surface area (Å²) in [5.41, 5.74) is 4.50. The van der Waals surface area contributed by atoms with Crippen LogP contribution in [0.5, 0.6) is 0 Å². The molecule has 1 heteroatoms. The summed E-state index contributed by atoms with van der Waals surface area (Å²) in [7, 11) is 0. The number of rotatable bonds is 0. The minimum atomic E-state index is 0.331. The van der Waals surface area contributed by atoms with Crippen LogP contribution >= 0.6 is 0 Å². The van der Waals surface area contributed by atoms with Crippen molar-refractivity contribution in [1.82, 2.24) is 0 Å². The van der Waals surface area contributed by atoms with Crippen LogP contribution in [0.2, 0.25) is 0 Å². The van der Waals surface area contributed by atoms with Gasteiger partial charge in [-0.3, -0.25) is 0 Å². The first kappa shape index (κ1) is 7.52. The molecule has 0 bridgehead atoms. The summed E-state index contributed by atoms with van der Waals surface area (Å²) in [6.45, 7) is 0. The fourth-order valence-corrected chi connectivity index (χ4v) is 3.93. The van der Waals surface area contributed by atoms with Crippen molar-refractivity contribution in [1.29, 1.82) is 0 Å². The molecule has 2 aliphatic rings. The van der Waals surface area contributed by atoms with E-state index in [4.69, 9.17) is 0 Å². The van der Waals surface area contributed by atoms with Crippen molar-refractivity contribution in [2.24, 2.45) is 0 Å². The predicted molar refractivity (Wildman–Crippen MR) is 58.0 cm³/mol. The summed E-state index contributed by atoms with van der Waals surface area (Å²) in [5.74, 6) is 0. The first-order valence-electron chi connectivity index (χ1n) is 4.47. The molecule has 0 unspecified atom stereocenters. The van der Waals surface area contributed by atoms with Crippen molar-refractivity contribution in [2.45, 2.75) is 6.42 Å². The van der Waals surface area contributed by atoms with Crippen LogP contribution in [0.4, 0.5) is 0 Å². The third-order valence-corrected chi connectivity index (χ3v) is 4.72. The molecule has 3 rings (SSSR count). The zero-order valence-electron chi connectivity index (χ0n) is 7.20. The van der Waals surface area contributed by atoms with E-state index in [9.17, 15) is 0 Å². The van der Waals surface area contributed by atoms with E-state index in [1.807, 2.05) is 0 Å². The van der Waals surface area contributed by atoms with E-state index in [1.54, 1.807) is 4.36 Å². The van der Waals surface area contributed by atoms with Crippen molar-refractivity contribution in [3.05, 3.63) is 51.9 Å². The Kier molecular flexibility index (Phi) is 1.63. The molecule has 0 amide bonds. The average Bonchev–Trinajstić information content (AvgIpc) is 2.56. The maximum atomic E-state index is 2.33. The molecule has 13 heavy (non-hydrogen) atoms. The van der Waals surface area contributed by atoms with Gasteiger partial charge in [0, 0.05) is 0 Å². The third-order valence-electron chi connectivity index (χ3n) is 2.56. The molecule has 0 fully saturated rings. The predicted octanol–water partition coefficient (Wildman–Crippen LogP) is 2.03. The maximum absolute atomic E-state index is 2.33. The molecule has 0 aromatic heterocycles. The van der Waals surface area contributed by atoms with Gasteiger partial charge in [0.15, 0.2) is 0 Å². The summed E-state index contributed by atoms with van der Waals surface area (Å²) in [5, 5.41) is 0. The average molecular weight is 228 g/mol. The Morgan fingerprint density at radius 1 is 1.15 bits per heavy atom. The molecular weight excluding hydrogens is 219 g/mol. The van der Waals surface area contributed by atoms with Crippen molar-refractivity contribution in [3.63, 3.8) is 0 Å². The van der Waals surface area contributed by atoms with E-state index in [-0.39, 0.29) is 0 Å². The van der Waals surface area contributed by atoms with Crippen LogP contribution in [0.3, 0.4) is 0 Å². The zero-order chi connectivity index (χ0) is 8.67. The molecule has 0 atom stereocenters. The van der Waals surface area contributed by atoms with Crippen LogP contribution in [0.25, 0.3) is 5.57 Å². The van der Waals surface area contributed by atoms with E-state index >= 15 is 0 Å². The van der Waals surface area contributed by atoms with Crippen molar-refractivity contribution in [2.75, 3.05) is 0 Å². The van der Waals surface area contributed by atoms with Gasteiger partial charge in [-0.05, 0) is 0 Å². The number of allylic oxidation sites excluding steroid dienone is 4. The molecule has 0 spiro atoms. The second kappa shape index (κ2) is 2.82.